The van der Waals surface area contributed by atoms with E-state index in [0.29, 0.717) is 0 Å². The zero-order chi connectivity index (χ0) is 12.8. The number of benzene rings is 1. The van der Waals surface area contributed by atoms with E-state index in [1.54, 1.807) is 0 Å². The van der Waals surface area contributed by atoms with Crippen LogP contribution in [0.1, 0.15) is 5.56 Å². The molecule has 0 aromatic heterocycles. The van der Waals surface area contributed by atoms with Gasteiger partial charge >= 0.3 is 6.03 Å². The second-order valence-corrected chi connectivity index (χ2v) is 4.00. The molecule has 0 saturated heterocycles. The summed E-state index contributed by atoms with van der Waals surface area (Å²) >= 11 is 0. The molecule has 1 aromatic rings. The zero-order valence-corrected chi connectivity index (χ0v) is 10.4. The number of rotatable bonds is 4. The topological polar surface area (TPSA) is 64.6 Å². The highest BCUT2D eigenvalue weighted by Gasteiger charge is 2.05. The van der Waals surface area contributed by atoms with E-state index in [-0.39, 0.29) is 19.2 Å². The summed E-state index contributed by atoms with van der Waals surface area (Å²) in [6.07, 6.45) is 0. The van der Waals surface area contributed by atoms with Gasteiger partial charge in [-0.25, -0.2) is 4.79 Å². The van der Waals surface area contributed by atoms with Gasteiger partial charge in [0, 0.05) is 32.0 Å². The number of aliphatic hydroxyl groups is 1. The Morgan fingerprint density at radius 1 is 1.41 bits per heavy atom. The number of nitrogens with one attached hydrogen (secondary N) is 2. The van der Waals surface area contributed by atoms with Gasteiger partial charge in [-0.3, -0.25) is 0 Å². The molecule has 0 fully saturated rings. The Morgan fingerprint density at radius 2 is 2.12 bits per heavy atom. The highest BCUT2D eigenvalue weighted by atomic mass is 16.3. The summed E-state index contributed by atoms with van der Waals surface area (Å²) in [7, 11) is 3.94. The second-order valence-electron chi connectivity index (χ2n) is 4.00. The lowest BCUT2D eigenvalue weighted by molar-refractivity contribution is 0.245. The molecule has 0 saturated carbocycles. The Bertz CT molecular complexity index is 391. The first-order valence-corrected chi connectivity index (χ1v) is 5.48. The van der Waals surface area contributed by atoms with Crippen LogP contribution in [0.5, 0.6) is 0 Å². The minimum Gasteiger partial charge on any atom is -0.395 e. The van der Waals surface area contributed by atoms with Crippen molar-refractivity contribution in [1.29, 1.82) is 0 Å². The zero-order valence-electron chi connectivity index (χ0n) is 10.4. The van der Waals surface area contributed by atoms with Crippen LogP contribution in [0, 0.1) is 6.92 Å². The third kappa shape index (κ3) is 3.96. The van der Waals surface area contributed by atoms with Crippen molar-refractivity contribution >= 4 is 17.4 Å². The summed E-state index contributed by atoms with van der Waals surface area (Å²) in [6, 6.07) is 5.50. The molecule has 0 bridgehead atoms. The van der Waals surface area contributed by atoms with Gasteiger partial charge in [0.1, 0.15) is 0 Å². The van der Waals surface area contributed by atoms with Gasteiger partial charge in [-0.2, -0.15) is 0 Å². The highest BCUT2D eigenvalue weighted by molar-refractivity contribution is 5.90. The first-order chi connectivity index (χ1) is 8.04. The molecule has 1 aromatic carbocycles. The van der Waals surface area contributed by atoms with Crippen molar-refractivity contribution in [3.63, 3.8) is 0 Å². The van der Waals surface area contributed by atoms with Crippen LogP contribution in [0.2, 0.25) is 0 Å². The predicted octanol–water partition coefficient (Wildman–Crippen LogP) is 1.17. The molecule has 0 aliphatic rings. The minimum atomic E-state index is -0.306. The van der Waals surface area contributed by atoms with E-state index in [1.165, 1.54) is 0 Å². The summed E-state index contributed by atoms with van der Waals surface area (Å²) in [5.41, 5.74) is 2.85. The van der Waals surface area contributed by atoms with Crippen LogP contribution in [-0.2, 0) is 0 Å². The average Bonchev–Trinajstić information content (AvgIpc) is 2.28. The maximum Gasteiger partial charge on any atom is 0.319 e. The largest absolute Gasteiger partial charge is 0.395 e. The second kappa shape index (κ2) is 6.10. The molecule has 0 unspecified atom stereocenters. The van der Waals surface area contributed by atoms with Crippen LogP contribution in [0.3, 0.4) is 0 Å². The first-order valence-electron chi connectivity index (χ1n) is 5.48. The SMILES string of the molecule is Cc1cc(N(C)C)ccc1NC(=O)NCCO. The monoisotopic (exact) mass is 237 g/mol. The normalized spacial score (nSPS) is 9.88. The maximum absolute atomic E-state index is 11.4. The third-order valence-electron chi connectivity index (χ3n) is 2.37. The van der Waals surface area contributed by atoms with Crippen LogP contribution in [0.15, 0.2) is 18.2 Å². The lowest BCUT2D eigenvalue weighted by Gasteiger charge is -2.15. The predicted molar refractivity (Wildman–Crippen MR) is 69.6 cm³/mol. The van der Waals surface area contributed by atoms with Crippen LogP contribution >= 0.6 is 0 Å². The van der Waals surface area contributed by atoms with Crippen LogP contribution in [0.4, 0.5) is 16.2 Å². The van der Waals surface area contributed by atoms with E-state index in [4.69, 9.17) is 5.11 Å². The van der Waals surface area contributed by atoms with Gasteiger partial charge in [-0.1, -0.05) is 0 Å². The molecule has 0 spiro atoms. The fraction of sp³-hybridized carbons (Fsp3) is 0.417. The van der Waals surface area contributed by atoms with Crippen LogP contribution in [0.25, 0.3) is 0 Å². The van der Waals surface area contributed by atoms with E-state index >= 15 is 0 Å². The molecule has 94 valence electrons. The van der Waals surface area contributed by atoms with Crippen molar-refractivity contribution < 1.29 is 9.90 Å². The summed E-state index contributed by atoms with van der Waals surface area (Å²) in [5, 5.41) is 13.9. The number of nitrogens with zero attached hydrogens (tertiary/aromatic N) is 1. The molecule has 0 aliphatic carbocycles. The quantitative estimate of drug-likeness (QED) is 0.736. The molecule has 3 N–H and O–H groups in total. The van der Waals surface area contributed by atoms with E-state index < -0.39 is 0 Å². The number of amides is 2. The number of carbonyl (C=O) groups excluding carboxylic acids is 1. The number of urea groups is 1. The fourth-order valence-electron chi connectivity index (χ4n) is 1.40. The molecule has 5 nitrogen and oxygen atoms in total. The number of aryl methyl sites for hydroxylation is 1. The van der Waals surface area contributed by atoms with Crippen molar-refractivity contribution in [2.45, 2.75) is 6.92 Å². The van der Waals surface area contributed by atoms with E-state index in [9.17, 15) is 4.79 Å². The van der Waals surface area contributed by atoms with Gasteiger partial charge in [0.25, 0.3) is 0 Å². The van der Waals surface area contributed by atoms with Gasteiger partial charge < -0.3 is 20.6 Å². The lowest BCUT2D eigenvalue weighted by Crippen LogP contribution is -2.31. The van der Waals surface area contributed by atoms with E-state index in [0.717, 1.165) is 16.9 Å². The summed E-state index contributed by atoms with van der Waals surface area (Å²) < 4.78 is 0. The molecule has 0 atom stereocenters. The Hall–Kier alpha value is -1.75. The number of anilines is 2. The molecule has 0 heterocycles. The van der Waals surface area contributed by atoms with Crippen molar-refractivity contribution in [1.82, 2.24) is 5.32 Å². The van der Waals surface area contributed by atoms with Gasteiger partial charge in [-0.05, 0) is 30.7 Å². The standard InChI is InChI=1S/C12H19N3O2/c1-9-8-10(15(2)3)4-5-11(9)14-12(17)13-6-7-16/h4-5,8,16H,6-7H2,1-3H3,(H2,13,14,17). The molecule has 1 rings (SSSR count). The summed E-state index contributed by atoms with van der Waals surface area (Å²) in [4.78, 5) is 13.4. The van der Waals surface area contributed by atoms with Crippen molar-refractivity contribution in [2.75, 3.05) is 37.5 Å². The molecule has 5 heteroatoms. The van der Waals surface area contributed by atoms with Gasteiger partial charge in [0.05, 0.1) is 6.61 Å². The van der Waals surface area contributed by atoms with Gasteiger partial charge in [-0.15, -0.1) is 0 Å². The summed E-state index contributed by atoms with van der Waals surface area (Å²) in [5.74, 6) is 0. The van der Waals surface area contributed by atoms with Crippen molar-refractivity contribution in [3.05, 3.63) is 23.8 Å². The van der Waals surface area contributed by atoms with Gasteiger partial charge in [0.2, 0.25) is 0 Å². The van der Waals surface area contributed by atoms with Crippen molar-refractivity contribution in [3.8, 4) is 0 Å². The maximum atomic E-state index is 11.4. The molecule has 0 radical (unpaired) electrons. The Balaban J connectivity index is 2.69. The number of hydrogen-bond donors (Lipinski definition) is 3. The smallest absolute Gasteiger partial charge is 0.319 e. The summed E-state index contributed by atoms with van der Waals surface area (Å²) in [6.45, 7) is 2.13. The van der Waals surface area contributed by atoms with Crippen molar-refractivity contribution in [2.24, 2.45) is 0 Å². The van der Waals surface area contributed by atoms with E-state index in [1.807, 2.05) is 44.1 Å². The number of aliphatic hydroxyl groups excluding tert-OH is 1. The highest BCUT2D eigenvalue weighted by Crippen LogP contribution is 2.21. The molecular weight excluding hydrogens is 218 g/mol. The molecule has 17 heavy (non-hydrogen) atoms. The molecule has 2 amide bonds. The number of carbonyl (C=O) groups is 1. The molecular formula is C12H19N3O2. The van der Waals surface area contributed by atoms with Crippen LogP contribution in [-0.4, -0.2) is 38.4 Å². The minimum absolute atomic E-state index is 0.0635. The Labute approximate surface area is 101 Å². The van der Waals surface area contributed by atoms with Crippen LogP contribution < -0.4 is 15.5 Å². The first kappa shape index (κ1) is 13.3. The number of hydrogen-bond acceptors (Lipinski definition) is 3. The van der Waals surface area contributed by atoms with E-state index in [2.05, 4.69) is 10.6 Å². The van der Waals surface area contributed by atoms with Gasteiger partial charge in [0.15, 0.2) is 0 Å². The Kier molecular flexibility index (Phi) is 4.78. The molecule has 0 aliphatic heterocycles. The fourth-order valence-corrected chi connectivity index (χ4v) is 1.40. The Morgan fingerprint density at radius 3 is 2.65 bits per heavy atom. The lowest BCUT2D eigenvalue weighted by atomic mass is 10.1. The average molecular weight is 237 g/mol. The third-order valence-corrected chi connectivity index (χ3v) is 2.37.